The number of ether oxygens (including phenoxy) is 1. The number of carbonyl (C=O) groups excluding carboxylic acids is 12. The molecule has 27 nitrogen and oxygen atoms in total. The number of aliphatic hydroxyl groups excluding tert-OH is 2. The van der Waals surface area contributed by atoms with Crippen LogP contribution in [0.5, 0.6) is 0 Å². The average Bonchev–Trinajstić information content (AvgIpc) is 3.60. The van der Waals surface area contributed by atoms with Gasteiger partial charge in [-0.1, -0.05) is 132 Å². The molecule has 1 aliphatic rings. The Morgan fingerprint density at radius 3 is 1.43 bits per heavy atom. The normalized spacial score (nSPS) is 21.7. The first kappa shape index (κ1) is 74.8. The summed E-state index contributed by atoms with van der Waals surface area (Å²) >= 11 is 0. The molecule has 1 saturated heterocycles. The van der Waals surface area contributed by atoms with Crippen LogP contribution in [0.3, 0.4) is 0 Å². The molecule has 2 rings (SSSR count). The van der Waals surface area contributed by atoms with Gasteiger partial charge in [-0.3, -0.25) is 52.7 Å². The number of aliphatic hydroxyl groups is 2. The van der Waals surface area contributed by atoms with E-state index in [1.54, 1.807) is 69.4 Å². The maximum Gasteiger partial charge on any atom is 0.329 e. The lowest BCUT2D eigenvalue weighted by atomic mass is 9.94. The molecular formula is C59H98N12O15. The van der Waals surface area contributed by atoms with Gasteiger partial charge in [-0.05, 0) is 75.3 Å². The number of likely N-dealkylation sites (N-methyl/N-ethyl adjacent to an activating group) is 1. The maximum absolute atomic E-state index is 14.4. The van der Waals surface area contributed by atoms with Gasteiger partial charge >= 0.3 is 5.97 Å². The topological polar surface area (TPSA) is 413 Å². The SMILES string of the molecule is CCC(C)[C@@H]1NC(=O)[C@H](C)NC(=O)[C@H](NC(=O)[C@H](CO)NC(=O)[C@@H](NC(=O)[C@H](NC(=O)[C@@H](CCC(N)=O)NC(=O)[C@H](CO)NC(=O)[C@@H](NC(=O)[C@@H](CCc2ccccc2)NC)[C@@H](C)CC)[C@H](C)CC)[C@@H](C)CC)[C@H](C)OC(=O)[C@H]([C@@H](C)CC)NC1=O. The first-order valence-electron chi connectivity index (χ1n) is 30.0. The third-order valence-electron chi connectivity index (χ3n) is 16.2. The second-order valence-corrected chi connectivity index (χ2v) is 22.6. The summed E-state index contributed by atoms with van der Waals surface area (Å²) < 4.78 is 5.72. The van der Waals surface area contributed by atoms with Crippen LogP contribution >= 0.6 is 0 Å². The van der Waals surface area contributed by atoms with Gasteiger partial charge in [0.15, 0.2) is 0 Å². The van der Waals surface area contributed by atoms with Crippen molar-refractivity contribution in [2.24, 2.45) is 35.3 Å². The Balaban J connectivity index is 2.40. The Morgan fingerprint density at radius 1 is 0.535 bits per heavy atom. The van der Waals surface area contributed by atoms with Gasteiger partial charge in [0.1, 0.15) is 66.5 Å². The largest absolute Gasteiger partial charge is 0.458 e. The minimum Gasteiger partial charge on any atom is -0.458 e. The fourth-order valence-corrected chi connectivity index (χ4v) is 9.19. The van der Waals surface area contributed by atoms with Crippen LogP contribution in [0.15, 0.2) is 30.3 Å². The number of hydrogen-bond acceptors (Lipinski definition) is 16. The summed E-state index contributed by atoms with van der Waals surface area (Å²) in [6.45, 7) is 17.8. The van der Waals surface area contributed by atoms with Crippen LogP contribution in [0.2, 0.25) is 0 Å². The van der Waals surface area contributed by atoms with E-state index in [-0.39, 0.29) is 12.8 Å². The monoisotopic (exact) mass is 1210 g/mol. The molecule has 1 aliphatic heterocycles. The number of rotatable bonds is 33. The fraction of sp³-hybridized carbons (Fsp3) is 0.695. The highest BCUT2D eigenvalue weighted by atomic mass is 16.5. The number of benzene rings is 1. The van der Waals surface area contributed by atoms with Crippen LogP contribution < -0.4 is 64.2 Å². The molecule has 0 aromatic heterocycles. The standard InChI is InChI=1S/C59H98N12O15/c1-14-30(6)43(67-50(76)38(61-13)25-24-37-22-20-19-21-23-37)54(80)64-40(28-72)52(78)63-39(26-27-42(60)74)51(77)68-46(33(9)17-4)56(82)69-44(31(7)15-2)55(81)65-41(29-73)53(79)71-48-36(12)86-59(85)47(34(10)18-5)70-57(83)45(32(8)16-3)66-49(75)35(11)62-58(48)84/h19-23,30-36,38-41,43-48,61,72-73H,14-18,24-29H2,1-13H3,(H2,60,74)(H,62,84)(H,63,78)(H,64,80)(H,65,81)(H,66,75)(H,67,76)(H,68,77)(H,69,82)(H,70,83)(H,71,79)/t30-,31-,32?,33+,34-,35-,36-,38+,39+,40-,41-,43-,44-,45-,46+,47-,48+/m0/s1. The van der Waals surface area contributed by atoms with Crippen LogP contribution in [-0.2, 0) is 68.7 Å². The lowest BCUT2D eigenvalue weighted by Crippen LogP contribution is -2.63. The number of esters is 1. The molecule has 0 spiro atoms. The van der Waals surface area contributed by atoms with E-state index in [2.05, 4.69) is 58.5 Å². The van der Waals surface area contributed by atoms with Crippen molar-refractivity contribution in [1.82, 2.24) is 58.5 Å². The molecule has 0 bridgehead atoms. The quantitative estimate of drug-likeness (QED) is 0.0356. The van der Waals surface area contributed by atoms with Gasteiger partial charge in [-0.15, -0.1) is 0 Å². The highest BCUT2D eigenvalue weighted by molar-refractivity contribution is 5.99. The van der Waals surface area contributed by atoms with E-state index in [1.165, 1.54) is 13.8 Å². The van der Waals surface area contributed by atoms with Gasteiger partial charge in [-0.2, -0.15) is 0 Å². The number of nitrogens with two attached hydrogens (primary N) is 1. The predicted molar refractivity (Wildman–Crippen MR) is 318 cm³/mol. The van der Waals surface area contributed by atoms with Gasteiger partial charge in [0.25, 0.3) is 0 Å². The molecule has 1 aromatic carbocycles. The molecule has 0 aliphatic carbocycles. The summed E-state index contributed by atoms with van der Waals surface area (Å²) in [5.41, 5.74) is 6.46. The summed E-state index contributed by atoms with van der Waals surface area (Å²) in [5, 5.41) is 49.5. The molecule has 0 saturated carbocycles. The number of amides is 11. The maximum atomic E-state index is 14.4. The zero-order valence-corrected chi connectivity index (χ0v) is 52.3. The van der Waals surface area contributed by atoms with Crippen molar-refractivity contribution >= 4 is 70.9 Å². The smallest absolute Gasteiger partial charge is 0.329 e. The van der Waals surface area contributed by atoms with E-state index in [4.69, 9.17) is 10.5 Å². The molecule has 15 N–H and O–H groups in total. The van der Waals surface area contributed by atoms with Crippen molar-refractivity contribution in [2.75, 3.05) is 20.3 Å². The molecule has 17 atom stereocenters. The summed E-state index contributed by atoms with van der Waals surface area (Å²) in [4.78, 5) is 165. The van der Waals surface area contributed by atoms with E-state index >= 15 is 0 Å². The predicted octanol–water partition coefficient (Wildman–Crippen LogP) is -1.50. The van der Waals surface area contributed by atoms with Crippen molar-refractivity contribution in [3.05, 3.63) is 35.9 Å². The zero-order valence-electron chi connectivity index (χ0n) is 52.3. The van der Waals surface area contributed by atoms with E-state index < -0.39 is 199 Å². The van der Waals surface area contributed by atoms with Crippen LogP contribution in [0.4, 0.5) is 0 Å². The minimum atomic E-state index is -1.80. The Kier molecular flexibility index (Phi) is 32.5. The van der Waals surface area contributed by atoms with Gasteiger partial charge in [0, 0.05) is 6.42 Å². The van der Waals surface area contributed by atoms with E-state index in [1.807, 2.05) is 37.3 Å². The van der Waals surface area contributed by atoms with Crippen molar-refractivity contribution < 1.29 is 72.5 Å². The summed E-state index contributed by atoms with van der Waals surface area (Å²) in [5.74, 6) is -13.2. The third kappa shape index (κ3) is 22.9. The average molecular weight is 1220 g/mol. The highest BCUT2D eigenvalue weighted by Crippen LogP contribution is 2.18. The molecule has 11 amide bonds. The second-order valence-electron chi connectivity index (χ2n) is 22.6. The number of carbonyl (C=O) groups is 12. The third-order valence-corrected chi connectivity index (χ3v) is 16.2. The molecule has 1 fully saturated rings. The van der Waals surface area contributed by atoms with E-state index in [0.717, 1.165) is 5.56 Å². The molecular weight excluding hydrogens is 1120 g/mol. The van der Waals surface area contributed by atoms with Gasteiger partial charge in [0.05, 0.1) is 19.3 Å². The summed E-state index contributed by atoms with van der Waals surface area (Å²) in [7, 11) is 1.61. The number of cyclic esters (lactones) is 1. The molecule has 1 aromatic rings. The van der Waals surface area contributed by atoms with Gasteiger partial charge in [-0.25, -0.2) is 4.79 Å². The van der Waals surface area contributed by atoms with Crippen molar-refractivity contribution in [2.45, 2.75) is 213 Å². The molecule has 86 heavy (non-hydrogen) atoms. The van der Waals surface area contributed by atoms with E-state index in [9.17, 15) is 67.7 Å². The Morgan fingerprint density at radius 2 is 0.965 bits per heavy atom. The Bertz CT molecular complexity index is 2450. The van der Waals surface area contributed by atoms with Crippen LogP contribution in [0, 0.1) is 29.6 Å². The van der Waals surface area contributed by atoms with E-state index in [0.29, 0.717) is 32.1 Å². The van der Waals surface area contributed by atoms with Crippen molar-refractivity contribution in [1.29, 1.82) is 0 Å². The molecule has 27 heteroatoms. The Labute approximate surface area is 505 Å². The Hall–Kier alpha value is -7.26. The highest BCUT2D eigenvalue weighted by Gasteiger charge is 2.41. The lowest BCUT2D eigenvalue weighted by Gasteiger charge is -2.31. The molecule has 1 unspecified atom stereocenters. The molecule has 484 valence electrons. The molecule has 1 heterocycles. The lowest BCUT2D eigenvalue weighted by molar-refractivity contribution is -0.157. The zero-order chi connectivity index (χ0) is 65.1. The number of aryl methyl sites for hydroxylation is 1. The van der Waals surface area contributed by atoms with Crippen LogP contribution in [0.25, 0.3) is 0 Å². The first-order chi connectivity index (χ1) is 40.6. The minimum absolute atomic E-state index is 0.265. The number of primary amides is 1. The van der Waals surface area contributed by atoms with Crippen molar-refractivity contribution in [3.63, 3.8) is 0 Å². The number of hydrogen-bond donors (Lipinski definition) is 14. The van der Waals surface area contributed by atoms with Crippen LogP contribution in [0.1, 0.15) is 140 Å². The van der Waals surface area contributed by atoms with Crippen molar-refractivity contribution in [3.8, 4) is 0 Å². The summed E-state index contributed by atoms with van der Waals surface area (Å²) in [6.07, 6.45) is 0.507. The second kappa shape index (κ2) is 37.3. The summed E-state index contributed by atoms with van der Waals surface area (Å²) in [6, 6.07) is -5.63. The fourth-order valence-electron chi connectivity index (χ4n) is 9.19. The van der Waals surface area contributed by atoms with Crippen LogP contribution in [-0.4, -0.2) is 174 Å². The first-order valence-corrected chi connectivity index (χ1v) is 30.0. The van der Waals surface area contributed by atoms with Gasteiger partial charge < -0.3 is 79.2 Å². The number of nitrogens with one attached hydrogen (secondary N) is 11. The van der Waals surface area contributed by atoms with Gasteiger partial charge in [0.2, 0.25) is 65.0 Å². The molecule has 0 radical (unpaired) electrons.